The molecule has 0 bridgehead atoms. The lowest BCUT2D eigenvalue weighted by Gasteiger charge is -2.22. The Morgan fingerprint density at radius 3 is 2.67 bits per heavy atom. The quantitative estimate of drug-likeness (QED) is 0.826. The van der Waals surface area contributed by atoms with Crippen LogP contribution in [-0.2, 0) is 0 Å². The summed E-state index contributed by atoms with van der Waals surface area (Å²) in [4.78, 5) is 0. The molecule has 0 heterocycles. The molecule has 1 aromatic carbocycles. The predicted molar refractivity (Wildman–Crippen MR) is 73.9 cm³/mol. The summed E-state index contributed by atoms with van der Waals surface area (Å²) in [6.45, 7) is 0. The highest BCUT2D eigenvalue weighted by atomic mass is 16.5. The van der Waals surface area contributed by atoms with Crippen LogP contribution in [0.4, 0.5) is 0 Å². The SMILES string of the molecule is NC1CCCCCC1c1cccc(OC2CC2)c1. The molecule has 2 heteroatoms. The van der Waals surface area contributed by atoms with E-state index >= 15 is 0 Å². The number of hydrogen-bond donors (Lipinski definition) is 1. The Bertz CT molecular complexity index is 400. The molecular weight excluding hydrogens is 222 g/mol. The number of rotatable bonds is 3. The van der Waals surface area contributed by atoms with Crippen LogP contribution in [0, 0.1) is 0 Å². The highest BCUT2D eigenvalue weighted by Crippen LogP contribution is 2.34. The monoisotopic (exact) mass is 245 g/mol. The number of nitrogens with two attached hydrogens (primary N) is 1. The molecule has 1 aromatic rings. The summed E-state index contributed by atoms with van der Waals surface area (Å²) < 4.78 is 5.88. The van der Waals surface area contributed by atoms with Gasteiger partial charge in [-0.05, 0) is 49.3 Å². The normalized spacial score (nSPS) is 28.7. The Hall–Kier alpha value is -1.02. The van der Waals surface area contributed by atoms with Gasteiger partial charge in [0.05, 0.1) is 6.10 Å². The molecule has 2 N–H and O–H groups in total. The van der Waals surface area contributed by atoms with Crippen molar-refractivity contribution in [1.29, 1.82) is 0 Å². The first kappa shape index (κ1) is 12.0. The highest BCUT2D eigenvalue weighted by molar-refractivity contribution is 5.32. The van der Waals surface area contributed by atoms with E-state index in [4.69, 9.17) is 10.5 Å². The van der Waals surface area contributed by atoms with Crippen LogP contribution in [0.5, 0.6) is 5.75 Å². The number of ether oxygens (including phenoxy) is 1. The molecule has 0 saturated heterocycles. The van der Waals surface area contributed by atoms with Crippen LogP contribution in [-0.4, -0.2) is 12.1 Å². The number of hydrogen-bond acceptors (Lipinski definition) is 2. The fourth-order valence-electron chi connectivity index (χ4n) is 2.95. The van der Waals surface area contributed by atoms with Gasteiger partial charge in [-0.3, -0.25) is 0 Å². The second kappa shape index (κ2) is 5.31. The first-order chi connectivity index (χ1) is 8.83. The Labute approximate surface area is 110 Å². The first-order valence-corrected chi connectivity index (χ1v) is 7.35. The van der Waals surface area contributed by atoms with E-state index in [1.54, 1.807) is 0 Å². The van der Waals surface area contributed by atoms with Gasteiger partial charge in [0, 0.05) is 6.04 Å². The minimum Gasteiger partial charge on any atom is -0.490 e. The van der Waals surface area contributed by atoms with Gasteiger partial charge in [0.1, 0.15) is 5.75 Å². The van der Waals surface area contributed by atoms with Gasteiger partial charge in [0.25, 0.3) is 0 Å². The standard InChI is InChI=1S/C16H23NO/c17-16-8-3-1-2-7-15(16)12-5-4-6-14(11-12)18-13-9-10-13/h4-6,11,13,15-16H,1-3,7-10,17H2. The van der Waals surface area contributed by atoms with Gasteiger partial charge in [-0.2, -0.15) is 0 Å². The third-order valence-corrected chi connectivity index (χ3v) is 4.18. The molecule has 2 fully saturated rings. The molecule has 2 nitrogen and oxygen atoms in total. The molecule has 0 aliphatic heterocycles. The van der Waals surface area contributed by atoms with Crippen molar-refractivity contribution in [3.05, 3.63) is 29.8 Å². The van der Waals surface area contributed by atoms with Crippen LogP contribution in [0.1, 0.15) is 56.4 Å². The van der Waals surface area contributed by atoms with E-state index in [9.17, 15) is 0 Å². The average molecular weight is 245 g/mol. The summed E-state index contributed by atoms with van der Waals surface area (Å²) in [7, 11) is 0. The van der Waals surface area contributed by atoms with E-state index in [-0.39, 0.29) is 0 Å². The summed E-state index contributed by atoms with van der Waals surface area (Å²) >= 11 is 0. The third kappa shape index (κ3) is 2.86. The molecule has 2 unspecified atom stereocenters. The molecule has 2 aliphatic rings. The molecule has 0 aromatic heterocycles. The maximum atomic E-state index is 6.33. The van der Waals surface area contributed by atoms with Gasteiger partial charge in [-0.25, -0.2) is 0 Å². The van der Waals surface area contributed by atoms with Crippen molar-refractivity contribution in [3.8, 4) is 5.75 Å². The van der Waals surface area contributed by atoms with Gasteiger partial charge in [0.15, 0.2) is 0 Å². The van der Waals surface area contributed by atoms with E-state index < -0.39 is 0 Å². The topological polar surface area (TPSA) is 35.2 Å². The fraction of sp³-hybridized carbons (Fsp3) is 0.625. The smallest absolute Gasteiger partial charge is 0.120 e. The third-order valence-electron chi connectivity index (χ3n) is 4.18. The lowest BCUT2D eigenvalue weighted by Crippen LogP contribution is -2.27. The van der Waals surface area contributed by atoms with Crippen LogP contribution in [0.15, 0.2) is 24.3 Å². The van der Waals surface area contributed by atoms with E-state index in [1.165, 1.54) is 50.5 Å². The molecular formula is C16H23NO. The maximum absolute atomic E-state index is 6.33. The minimum absolute atomic E-state index is 0.323. The first-order valence-electron chi connectivity index (χ1n) is 7.35. The molecule has 98 valence electrons. The zero-order valence-corrected chi connectivity index (χ0v) is 11.0. The van der Waals surface area contributed by atoms with Crippen molar-refractivity contribution < 1.29 is 4.74 Å². The van der Waals surface area contributed by atoms with E-state index in [0.29, 0.717) is 18.1 Å². The largest absolute Gasteiger partial charge is 0.490 e. The lowest BCUT2D eigenvalue weighted by atomic mass is 9.88. The van der Waals surface area contributed by atoms with Crippen molar-refractivity contribution in [1.82, 2.24) is 0 Å². The molecule has 0 spiro atoms. The highest BCUT2D eigenvalue weighted by Gasteiger charge is 2.25. The molecule has 3 rings (SSSR count). The zero-order chi connectivity index (χ0) is 12.4. The summed E-state index contributed by atoms with van der Waals surface area (Å²) in [5.41, 5.74) is 7.71. The van der Waals surface area contributed by atoms with Crippen molar-refractivity contribution in [3.63, 3.8) is 0 Å². The lowest BCUT2D eigenvalue weighted by molar-refractivity contribution is 0.302. The second-order valence-electron chi connectivity index (χ2n) is 5.80. The Kier molecular flexibility index (Phi) is 3.55. The zero-order valence-electron chi connectivity index (χ0n) is 11.0. The van der Waals surface area contributed by atoms with Gasteiger partial charge in [-0.15, -0.1) is 0 Å². The van der Waals surface area contributed by atoms with Crippen molar-refractivity contribution in [2.45, 2.75) is 63.0 Å². The fourth-order valence-corrected chi connectivity index (χ4v) is 2.95. The van der Waals surface area contributed by atoms with Crippen molar-refractivity contribution in [2.24, 2.45) is 5.73 Å². The Morgan fingerprint density at radius 2 is 1.83 bits per heavy atom. The Morgan fingerprint density at radius 1 is 1.00 bits per heavy atom. The molecule has 0 amide bonds. The van der Waals surface area contributed by atoms with Crippen molar-refractivity contribution in [2.75, 3.05) is 0 Å². The van der Waals surface area contributed by atoms with Crippen LogP contribution >= 0.6 is 0 Å². The second-order valence-corrected chi connectivity index (χ2v) is 5.80. The minimum atomic E-state index is 0.323. The maximum Gasteiger partial charge on any atom is 0.120 e. The van der Waals surface area contributed by atoms with E-state index in [0.717, 1.165) is 5.75 Å². The molecule has 18 heavy (non-hydrogen) atoms. The summed E-state index contributed by atoms with van der Waals surface area (Å²) in [6, 6.07) is 8.95. The van der Waals surface area contributed by atoms with Gasteiger partial charge in [-0.1, -0.05) is 31.4 Å². The van der Waals surface area contributed by atoms with Gasteiger partial charge < -0.3 is 10.5 Å². The summed E-state index contributed by atoms with van der Waals surface area (Å²) in [5, 5.41) is 0. The van der Waals surface area contributed by atoms with Crippen molar-refractivity contribution >= 4 is 0 Å². The summed E-state index contributed by atoms with van der Waals surface area (Å²) in [6.07, 6.45) is 9.24. The molecule has 0 radical (unpaired) electrons. The number of benzene rings is 1. The Balaban J connectivity index is 1.76. The van der Waals surface area contributed by atoms with Crippen LogP contribution < -0.4 is 10.5 Å². The van der Waals surface area contributed by atoms with E-state index in [2.05, 4.69) is 24.3 Å². The summed E-state index contributed by atoms with van der Waals surface area (Å²) in [5.74, 6) is 1.56. The van der Waals surface area contributed by atoms with Gasteiger partial charge >= 0.3 is 0 Å². The predicted octanol–water partition coefficient (Wildman–Crippen LogP) is 3.60. The van der Waals surface area contributed by atoms with E-state index in [1.807, 2.05) is 0 Å². The van der Waals surface area contributed by atoms with Gasteiger partial charge in [0.2, 0.25) is 0 Å². The van der Waals surface area contributed by atoms with Crippen LogP contribution in [0.25, 0.3) is 0 Å². The molecule has 2 atom stereocenters. The average Bonchev–Trinajstić information content (AvgIpc) is 3.18. The molecule has 2 saturated carbocycles. The van der Waals surface area contributed by atoms with Crippen LogP contribution in [0.3, 0.4) is 0 Å². The van der Waals surface area contributed by atoms with Crippen LogP contribution in [0.2, 0.25) is 0 Å². The molecule has 2 aliphatic carbocycles.